The molecule has 126 valence electrons. The molecule has 0 heterocycles. The van der Waals surface area contributed by atoms with Crippen LogP contribution in [-0.2, 0) is 6.54 Å². The average Bonchev–Trinajstić information content (AvgIpc) is 2.55. The molecule has 0 aliphatic heterocycles. The highest BCUT2D eigenvalue weighted by Gasteiger charge is 2.08. The molecule has 0 spiro atoms. The van der Waals surface area contributed by atoms with Gasteiger partial charge >= 0.3 is 0 Å². The predicted octanol–water partition coefficient (Wildman–Crippen LogP) is 5.14. The predicted molar refractivity (Wildman–Crippen MR) is 102 cm³/mol. The first-order chi connectivity index (χ1) is 11.5. The number of carbonyl (C=O) groups excluding carboxylic acids is 1. The van der Waals surface area contributed by atoms with Crippen molar-refractivity contribution >= 4 is 27.9 Å². The quantitative estimate of drug-likeness (QED) is 0.720. The number of benzene rings is 2. The van der Waals surface area contributed by atoms with Crippen LogP contribution in [0.1, 0.15) is 41.8 Å². The first-order valence-electron chi connectivity index (χ1n) is 7.98. The molecule has 0 aliphatic carbocycles. The van der Waals surface area contributed by atoms with Gasteiger partial charge in [0.05, 0.1) is 0 Å². The Balaban J connectivity index is 2.03. The van der Waals surface area contributed by atoms with Gasteiger partial charge in [0.2, 0.25) is 0 Å². The van der Waals surface area contributed by atoms with Crippen LogP contribution in [0.2, 0.25) is 0 Å². The zero-order valence-electron chi connectivity index (χ0n) is 13.9. The number of phenols is 1. The zero-order valence-corrected chi connectivity index (χ0v) is 15.5. The Morgan fingerprint density at radius 1 is 1.21 bits per heavy atom. The molecule has 1 amide bonds. The van der Waals surface area contributed by atoms with E-state index in [2.05, 4.69) is 35.1 Å². The Morgan fingerprint density at radius 3 is 2.58 bits per heavy atom. The summed E-state index contributed by atoms with van der Waals surface area (Å²) in [4.78, 5) is 12.3. The SMILES string of the molecule is CC(C)C/C=C/c1cc(C(=O)NCc2ccc(Br)cc2)ccc1O. The van der Waals surface area contributed by atoms with Gasteiger partial charge in [-0.25, -0.2) is 0 Å². The Labute approximate surface area is 151 Å². The second kappa shape index (κ2) is 8.69. The van der Waals surface area contributed by atoms with Crippen LogP contribution < -0.4 is 5.32 Å². The lowest BCUT2D eigenvalue weighted by Crippen LogP contribution is -2.22. The van der Waals surface area contributed by atoms with E-state index in [-0.39, 0.29) is 11.7 Å². The van der Waals surface area contributed by atoms with Crippen molar-refractivity contribution in [2.24, 2.45) is 5.92 Å². The maximum Gasteiger partial charge on any atom is 0.251 e. The number of halogens is 1. The van der Waals surface area contributed by atoms with Crippen molar-refractivity contribution in [1.29, 1.82) is 0 Å². The summed E-state index contributed by atoms with van der Waals surface area (Å²) in [6.07, 6.45) is 4.81. The van der Waals surface area contributed by atoms with Crippen LogP contribution in [0.25, 0.3) is 6.08 Å². The molecular formula is C20H22BrNO2. The summed E-state index contributed by atoms with van der Waals surface area (Å²) in [7, 11) is 0. The molecule has 0 bridgehead atoms. The lowest BCUT2D eigenvalue weighted by atomic mass is 10.1. The molecule has 0 aliphatic rings. The van der Waals surface area contributed by atoms with Gasteiger partial charge in [0.25, 0.3) is 5.91 Å². The van der Waals surface area contributed by atoms with Gasteiger partial charge in [-0.2, -0.15) is 0 Å². The smallest absolute Gasteiger partial charge is 0.251 e. The van der Waals surface area contributed by atoms with E-state index in [0.717, 1.165) is 16.5 Å². The van der Waals surface area contributed by atoms with Crippen LogP contribution in [-0.4, -0.2) is 11.0 Å². The zero-order chi connectivity index (χ0) is 17.5. The molecule has 0 radical (unpaired) electrons. The summed E-state index contributed by atoms with van der Waals surface area (Å²) in [5, 5.41) is 12.8. The molecule has 24 heavy (non-hydrogen) atoms. The Hall–Kier alpha value is -2.07. The lowest BCUT2D eigenvalue weighted by molar-refractivity contribution is 0.0951. The molecule has 2 rings (SSSR count). The molecule has 2 N–H and O–H groups in total. The normalized spacial score (nSPS) is 11.2. The molecule has 3 nitrogen and oxygen atoms in total. The maximum absolute atomic E-state index is 12.3. The first-order valence-corrected chi connectivity index (χ1v) is 8.77. The molecule has 0 saturated heterocycles. The molecule has 2 aromatic rings. The summed E-state index contributed by atoms with van der Waals surface area (Å²) >= 11 is 3.39. The highest BCUT2D eigenvalue weighted by atomic mass is 79.9. The fraction of sp³-hybridized carbons (Fsp3) is 0.250. The Bertz CT molecular complexity index is 721. The van der Waals surface area contributed by atoms with Crippen molar-refractivity contribution in [1.82, 2.24) is 5.32 Å². The third kappa shape index (κ3) is 5.53. The molecule has 0 fully saturated rings. The number of phenolic OH excluding ortho intramolecular Hbond substituents is 1. The number of allylic oxidation sites excluding steroid dienone is 1. The van der Waals surface area contributed by atoms with Gasteiger partial charge in [0.15, 0.2) is 0 Å². The van der Waals surface area contributed by atoms with Crippen molar-refractivity contribution in [3.8, 4) is 5.75 Å². The third-order valence-electron chi connectivity index (χ3n) is 3.56. The molecule has 0 saturated carbocycles. The summed E-state index contributed by atoms with van der Waals surface area (Å²) in [5.41, 5.74) is 2.23. The van der Waals surface area contributed by atoms with Crippen LogP contribution in [0, 0.1) is 5.92 Å². The standard InChI is InChI=1S/C20H22BrNO2/c1-14(2)4-3-5-16-12-17(8-11-19(16)23)20(24)22-13-15-6-9-18(21)10-7-15/h3,5-12,14,23H,4,13H2,1-2H3,(H,22,24)/b5-3+. The average molecular weight is 388 g/mol. The fourth-order valence-corrected chi connectivity index (χ4v) is 2.45. The molecular weight excluding hydrogens is 366 g/mol. The Kier molecular flexibility index (Phi) is 6.62. The van der Waals surface area contributed by atoms with Crippen LogP contribution in [0.3, 0.4) is 0 Å². The van der Waals surface area contributed by atoms with Crippen LogP contribution in [0.5, 0.6) is 5.75 Å². The summed E-state index contributed by atoms with van der Waals surface area (Å²) in [6.45, 7) is 4.73. The van der Waals surface area contributed by atoms with Gasteiger partial charge in [-0.15, -0.1) is 0 Å². The van der Waals surface area contributed by atoms with Crippen molar-refractivity contribution < 1.29 is 9.90 Å². The third-order valence-corrected chi connectivity index (χ3v) is 4.09. The summed E-state index contributed by atoms with van der Waals surface area (Å²) in [6, 6.07) is 12.7. The molecule has 4 heteroatoms. The number of aromatic hydroxyl groups is 1. The van der Waals surface area contributed by atoms with E-state index in [1.165, 1.54) is 0 Å². The van der Waals surface area contributed by atoms with Crippen molar-refractivity contribution in [3.63, 3.8) is 0 Å². The number of nitrogens with one attached hydrogen (secondary N) is 1. The highest BCUT2D eigenvalue weighted by molar-refractivity contribution is 9.10. The van der Waals surface area contributed by atoms with Gasteiger partial charge in [-0.05, 0) is 48.2 Å². The Morgan fingerprint density at radius 2 is 1.92 bits per heavy atom. The van der Waals surface area contributed by atoms with Gasteiger partial charge in [-0.1, -0.05) is 54.1 Å². The van der Waals surface area contributed by atoms with Crippen LogP contribution >= 0.6 is 15.9 Å². The minimum atomic E-state index is -0.156. The molecule has 0 unspecified atom stereocenters. The van der Waals surface area contributed by atoms with E-state index >= 15 is 0 Å². The van der Waals surface area contributed by atoms with E-state index in [9.17, 15) is 9.90 Å². The van der Waals surface area contributed by atoms with Gasteiger partial charge < -0.3 is 10.4 Å². The largest absolute Gasteiger partial charge is 0.507 e. The topological polar surface area (TPSA) is 49.3 Å². The molecule has 0 atom stereocenters. The number of hydrogen-bond acceptors (Lipinski definition) is 2. The van der Waals surface area contributed by atoms with Gasteiger partial charge in [-0.3, -0.25) is 4.79 Å². The first kappa shape index (κ1) is 18.3. The molecule has 0 aromatic heterocycles. The van der Waals surface area contributed by atoms with Crippen LogP contribution in [0.4, 0.5) is 0 Å². The van der Waals surface area contributed by atoms with Crippen LogP contribution in [0.15, 0.2) is 53.0 Å². The maximum atomic E-state index is 12.3. The van der Waals surface area contributed by atoms with E-state index in [1.807, 2.05) is 36.4 Å². The van der Waals surface area contributed by atoms with Crippen molar-refractivity contribution in [2.75, 3.05) is 0 Å². The number of rotatable bonds is 6. The van der Waals surface area contributed by atoms with E-state index < -0.39 is 0 Å². The summed E-state index contributed by atoms with van der Waals surface area (Å²) < 4.78 is 1.01. The van der Waals surface area contributed by atoms with E-state index in [0.29, 0.717) is 23.6 Å². The minimum Gasteiger partial charge on any atom is -0.507 e. The summed E-state index contributed by atoms with van der Waals surface area (Å²) in [5.74, 6) is 0.580. The fourth-order valence-electron chi connectivity index (χ4n) is 2.18. The van der Waals surface area contributed by atoms with Crippen molar-refractivity contribution in [2.45, 2.75) is 26.8 Å². The number of carbonyl (C=O) groups is 1. The second-order valence-electron chi connectivity index (χ2n) is 6.11. The lowest BCUT2D eigenvalue weighted by Gasteiger charge is -2.07. The second-order valence-corrected chi connectivity index (χ2v) is 7.03. The molecule has 2 aromatic carbocycles. The number of hydrogen-bond donors (Lipinski definition) is 2. The van der Waals surface area contributed by atoms with E-state index in [4.69, 9.17) is 0 Å². The van der Waals surface area contributed by atoms with Crippen molar-refractivity contribution in [3.05, 3.63) is 69.7 Å². The monoisotopic (exact) mass is 387 g/mol. The number of amides is 1. The van der Waals surface area contributed by atoms with Gasteiger partial charge in [0.1, 0.15) is 5.75 Å². The minimum absolute atomic E-state index is 0.156. The highest BCUT2D eigenvalue weighted by Crippen LogP contribution is 2.21. The van der Waals surface area contributed by atoms with Gasteiger partial charge in [0, 0.05) is 22.1 Å². The van der Waals surface area contributed by atoms with E-state index in [1.54, 1.807) is 18.2 Å².